The van der Waals surface area contributed by atoms with Crippen LogP contribution in [0.25, 0.3) is 16.7 Å². The van der Waals surface area contributed by atoms with E-state index >= 15 is 0 Å². The van der Waals surface area contributed by atoms with Crippen LogP contribution >= 0.6 is 12.2 Å². The Morgan fingerprint density at radius 2 is 1.93 bits per heavy atom. The maximum absolute atomic E-state index is 13.0. The molecule has 2 aromatic heterocycles. The van der Waals surface area contributed by atoms with Crippen LogP contribution in [-0.2, 0) is 13.2 Å². The summed E-state index contributed by atoms with van der Waals surface area (Å²) in [6.45, 7) is 5.19. The lowest BCUT2D eigenvalue weighted by atomic mass is 10.2. The van der Waals surface area contributed by atoms with Crippen LogP contribution in [0.2, 0.25) is 0 Å². The van der Waals surface area contributed by atoms with Gasteiger partial charge in [0.2, 0.25) is 10.5 Å². The fourth-order valence-corrected chi connectivity index (χ4v) is 3.80. The molecule has 0 radical (unpaired) electrons. The Bertz CT molecular complexity index is 1130. The number of rotatable bonds is 7. The summed E-state index contributed by atoms with van der Waals surface area (Å²) >= 11 is 5.55. The molecular formula is C19H24F3N5OS. The highest BCUT2D eigenvalue weighted by molar-refractivity contribution is 7.71. The predicted molar refractivity (Wildman–Crippen MR) is 109 cm³/mol. The van der Waals surface area contributed by atoms with Crippen LogP contribution in [0.5, 0.6) is 0 Å². The van der Waals surface area contributed by atoms with Gasteiger partial charge in [0, 0.05) is 13.1 Å². The van der Waals surface area contributed by atoms with Gasteiger partial charge in [0.25, 0.3) is 5.56 Å². The SMILES string of the molecule is CCCn1c(=O)c2ccccc2n2c(=S)n(CN(CC(C)C)CC(F)(F)F)nc12. The van der Waals surface area contributed by atoms with E-state index in [0.29, 0.717) is 29.6 Å². The number of fused-ring (bicyclic) bond motifs is 3. The molecule has 2 heterocycles. The van der Waals surface area contributed by atoms with Crippen molar-refractivity contribution < 1.29 is 13.2 Å². The number of alkyl halides is 3. The molecule has 0 aliphatic heterocycles. The Hall–Kier alpha value is -2.20. The van der Waals surface area contributed by atoms with Gasteiger partial charge >= 0.3 is 6.18 Å². The summed E-state index contributed by atoms with van der Waals surface area (Å²) in [5, 5.41) is 4.95. The highest BCUT2D eigenvalue weighted by atomic mass is 32.1. The smallest absolute Gasteiger partial charge is 0.276 e. The third kappa shape index (κ3) is 4.53. The number of hydrogen-bond donors (Lipinski definition) is 0. The van der Waals surface area contributed by atoms with Crippen LogP contribution in [0.3, 0.4) is 0 Å². The van der Waals surface area contributed by atoms with Crippen molar-refractivity contribution >= 4 is 28.9 Å². The fraction of sp³-hybridized carbons (Fsp3) is 0.526. The van der Waals surface area contributed by atoms with Gasteiger partial charge in [-0.25, -0.2) is 4.68 Å². The first-order chi connectivity index (χ1) is 13.6. The molecule has 0 N–H and O–H groups in total. The average molecular weight is 427 g/mol. The molecular weight excluding hydrogens is 403 g/mol. The maximum Gasteiger partial charge on any atom is 0.401 e. The topological polar surface area (TPSA) is 47.5 Å². The average Bonchev–Trinajstić information content (AvgIpc) is 2.93. The summed E-state index contributed by atoms with van der Waals surface area (Å²) in [6, 6.07) is 7.05. The number of halogens is 3. The first-order valence-electron chi connectivity index (χ1n) is 9.52. The zero-order valence-corrected chi connectivity index (χ0v) is 17.4. The monoisotopic (exact) mass is 427 g/mol. The Labute approximate surface area is 171 Å². The lowest BCUT2D eigenvalue weighted by Crippen LogP contribution is -2.38. The number of nitrogens with zero attached hydrogens (tertiary/aromatic N) is 5. The van der Waals surface area contributed by atoms with Crippen molar-refractivity contribution in [1.82, 2.24) is 23.6 Å². The molecule has 6 nitrogen and oxygen atoms in total. The molecule has 3 aromatic rings. The lowest BCUT2D eigenvalue weighted by Gasteiger charge is -2.24. The van der Waals surface area contributed by atoms with Crippen LogP contribution in [-0.4, -0.2) is 42.9 Å². The van der Waals surface area contributed by atoms with E-state index in [1.165, 1.54) is 14.1 Å². The van der Waals surface area contributed by atoms with Gasteiger partial charge in [0.1, 0.15) is 0 Å². The molecule has 0 aliphatic rings. The van der Waals surface area contributed by atoms with Crippen LogP contribution in [0.4, 0.5) is 13.2 Å². The largest absolute Gasteiger partial charge is 0.401 e. The first-order valence-corrected chi connectivity index (χ1v) is 9.93. The lowest BCUT2D eigenvalue weighted by molar-refractivity contribution is -0.150. The Kier molecular flexibility index (Phi) is 6.13. The summed E-state index contributed by atoms with van der Waals surface area (Å²) < 4.78 is 44.0. The molecule has 0 atom stereocenters. The fourth-order valence-electron chi connectivity index (χ4n) is 3.52. The second-order valence-corrected chi connectivity index (χ2v) is 7.92. The van der Waals surface area contributed by atoms with Gasteiger partial charge < -0.3 is 0 Å². The number of para-hydroxylation sites is 1. The minimum atomic E-state index is -4.33. The van der Waals surface area contributed by atoms with Gasteiger partial charge in [-0.2, -0.15) is 13.2 Å². The summed E-state index contributed by atoms with van der Waals surface area (Å²) in [5.41, 5.74) is 0.416. The van der Waals surface area contributed by atoms with Gasteiger partial charge in [0.05, 0.1) is 24.1 Å². The predicted octanol–water partition coefficient (Wildman–Crippen LogP) is 4.07. The van der Waals surface area contributed by atoms with E-state index < -0.39 is 12.7 Å². The third-order valence-electron chi connectivity index (χ3n) is 4.49. The van der Waals surface area contributed by atoms with Gasteiger partial charge in [-0.1, -0.05) is 32.9 Å². The van der Waals surface area contributed by atoms with Crippen LogP contribution in [0.1, 0.15) is 27.2 Å². The molecule has 0 aliphatic carbocycles. The molecule has 0 bridgehead atoms. The van der Waals surface area contributed by atoms with Crippen molar-refractivity contribution in [3.05, 3.63) is 39.4 Å². The molecule has 158 valence electrons. The molecule has 0 spiro atoms. The second-order valence-electron chi connectivity index (χ2n) is 7.55. The summed E-state index contributed by atoms with van der Waals surface area (Å²) in [7, 11) is 0. The molecule has 0 saturated carbocycles. The van der Waals surface area contributed by atoms with Gasteiger partial charge in [0.15, 0.2) is 0 Å². The van der Waals surface area contributed by atoms with Gasteiger partial charge in [-0.3, -0.25) is 18.7 Å². The van der Waals surface area contributed by atoms with Crippen molar-refractivity contribution in [3.63, 3.8) is 0 Å². The summed E-state index contributed by atoms with van der Waals surface area (Å²) in [4.78, 5) is 14.2. The first kappa shape index (κ1) is 21.5. The molecule has 0 unspecified atom stereocenters. The molecule has 0 fully saturated rings. The van der Waals surface area contributed by atoms with Crippen LogP contribution in [0.15, 0.2) is 29.1 Å². The molecule has 0 amide bonds. The van der Waals surface area contributed by atoms with Crippen LogP contribution < -0.4 is 5.56 Å². The third-order valence-corrected chi connectivity index (χ3v) is 4.88. The number of aryl methyl sites for hydroxylation is 1. The Morgan fingerprint density at radius 1 is 1.24 bits per heavy atom. The highest BCUT2D eigenvalue weighted by Gasteiger charge is 2.31. The van der Waals surface area contributed by atoms with E-state index in [4.69, 9.17) is 12.2 Å². The highest BCUT2D eigenvalue weighted by Crippen LogP contribution is 2.19. The quantitative estimate of drug-likeness (QED) is 0.534. The van der Waals surface area contributed by atoms with Crippen molar-refractivity contribution in [1.29, 1.82) is 0 Å². The number of hydrogen-bond acceptors (Lipinski definition) is 4. The van der Waals surface area contributed by atoms with Crippen molar-refractivity contribution in [3.8, 4) is 0 Å². The maximum atomic E-state index is 13.0. The van der Waals surface area contributed by atoms with Crippen LogP contribution in [0, 0.1) is 10.7 Å². The van der Waals surface area contributed by atoms with E-state index in [0.717, 1.165) is 0 Å². The molecule has 0 saturated heterocycles. The van der Waals surface area contributed by atoms with Crippen molar-refractivity contribution in [2.75, 3.05) is 13.1 Å². The zero-order valence-electron chi connectivity index (χ0n) is 16.6. The van der Waals surface area contributed by atoms with E-state index in [-0.39, 0.29) is 29.5 Å². The molecule has 3 rings (SSSR count). The molecule has 1 aromatic carbocycles. The van der Waals surface area contributed by atoms with Gasteiger partial charge in [-0.15, -0.1) is 5.10 Å². The summed E-state index contributed by atoms with van der Waals surface area (Å²) in [6.07, 6.45) is -3.62. The van der Waals surface area contributed by atoms with Crippen molar-refractivity contribution in [2.24, 2.45) is 5.92 Å². The minimum Gasteiger partial charge on any atom is -0.276 e. The molecule has 29 heavy (non-hydrogen) atoms. The zero-order chi connectivity index (χ0) is 21.3. The summed E-state index contributed by atoms with van der Waals surface area (Å²) in [5.74, 6) is 0.389. The Balaban J connectivity index is 2.18. The Morgan fingerprint density at radius 3 is 2.55 bits per heavy atom. The van der Waals surface area contributed by atoms with E-state index in [9.17, 15) is 18.0 Å². The van der Waals surface area contributed by atoms with E-state index in [2.05, 4.69) is 5.10 Å². The normalized spacial score (nSPS) is 12.7. The van der Waals surface area contributed by atoms with E-state index in [1.807, 2.05) is 20.8 Å². The second kappa shape index (κ2) is 8.27. The molecule has 10 heteroatoms. The van der Waals surface area contributed by atoms with Gasteiger partial charge in [-0.05, 0) is 36.7 Å². The van der Waals surface area contributed by atoms with E-state index in [1.54, 1.807) is 28.7 Å². The number of benzene rings is 1. The standard InChI is InChI=1S/C19H24F3N5OS/c1-4-9-25-16(28)14-7-5-6-8-15(14)27-17(25)23-26(18(27)29)12-24(10-13(2)3)11-19(20,21)22/h5-8,13H,4,9-12H2,1-3H3. The minimum absolute atomic E-state index is 0.0441. The van der Waals surface area contributed by atoms with Crippen molar-refractivity contribution in [2.45, 2.75) is 46.6 Å². The number of aromatic nitrogens is 4.